The van der Waals surface area contributed by atoms with E-state index in [1.807, 2.05) is 13.8 Å². The van der Waals surface area contributed by atoms with Crippen molar-refractivity contribution in [1.82, 2.24) is 9.97 Å². The highest BCUT2D eigenvalue weighted by Gasteiger charge is 2.10. The average molecular weight is 263 g/mol. The Morgan fingerprint density at radius 2 is 1.94 bits per heavy atom. The summed E-state index contributed by atoms with van der Waals surface area (Å²) >= 11 is 1.39. The fourth-order valence-electron chi connectivity index (χ4n) is 1.50. The molecule has 1 atom stereocenters. The Kier molecular flexibility index (Phi) is 3.93. The van der Waals surface area contributed by atoms with E-state index in [1.54, 1.807) is 18.5 Å². The first kappa shape index (κ1) is 13.0. The van der Waals surface area contributed by atoms with Crippen LogP contribution in [0.4, 0.5) is 4.39 Å². The van der Waals surface area contributed by atoms with Gasteiger partial charge in [-0.15, -0.1) is 0 Å². The van der Waals surface area contributed by atoms with E-state index in [4.69, 9.17) is 5.73 Å². The highest BCUT2D eigenvalue weighted by Crippen LogP contribution is 2.31. The molecule has 0 saturated carbocycles. The van der Waals surface area contributed by atoms with Gasteiger partial charge in [-0.3, -0.25) is 0 Å². The molecule has 1 aromatic heterocycles. The summed E-state index contributed by atoms with van der Waals surface area (Å²) in [5.41, 5.74) is 7.61. The lowest BCUT2D eigenvalue weighted by Crippen LogP contribution is -2.07. The van der Waals surface area contributed by atoms with Gasteiger partial charge in [0.05, 0.1) is 0 Å². The van der Waals surface area contributed by atoms with Crippen LogP contribution in [-0.2, 0) is 0 Å². The third-order valence-electron chi connectivity index (χ3n) is 2.42. The molecule has 0 spiro atoms. The second-order valence-electron chi connectivity index (χ2n) is 4.12. The van der Waals surface area contributed by atoms with Crippen LogP contribution in [0.25, 0.3) is 0 Å². The molecule has 0 aliphatic heterocycles. The SMILES string of the molecule is Cc1cnc(Sc2ccc(F)cc2[C@H](C)N)nc1. The van der Waals surface area contributed by atoms with Crippen LogP contribution in [-0.4, -0.2) is 9.97 Å². The van der Waals surface area contributed by atoms with Crippen molar-refractivity contribution in [1.29, 1.82) is 0 Å². The lowest BCUT2D eigenvalue weighted by Gasteiger charge is -2.11. The molecule has 0 radical (unpaired) electrons. The summed E-state index contributed by atoms with van der Waals surface area (Å²) in [5.74, 6) is -0.281. The lowest BCUT2D eigenvalue weighted by molar-refractivity contribution is 0.619. The molecule has 0 bridgehead atoms. The highest BCUT2D eigenvalue weighted by molar-refractivity contribution is 7.99. The van der Waals surface area contributed by atoms with Crippen molar-refractivity contribution in [3.05, 3.63) is 47.5 Å². The normalized spacial score (nSPS) is 12.4. The first-order valence-electron chi connectivity index (χ1n) is 5.58. The molecule has 0 saturated heterocycles. The van der Waals surface area contributed by atoms with E-state index in [1.165, 1.54) is 23.9 Å². The Hall–Kier alpha value is -1.46. The molecule has 3 nitrogen and oxygen atoms in total. The van der Waals surface area contributed by atoms with E-state index in [9.17, 15) is 4.39 Å². The zero-order valence-corrected chi connectivity index (χ0v) is 11.0. The summed E-state index contributed by atoms with van der Waals surface area (Å²) in [6.07, 6.45) is 3.51. The molecule has 0 fully saturated rings. The summed E-state index contributed by atoms with van der Waals surface area (Å²) in [5, 5.41) is 0.633. The standard InChI is InChI=1S/C13H14FN3S/c1-8-6-16-13(17-7-8)18-12-4-3-10(14)5-11(12)9(2)15/h3-7,9H,15H2,1-2H3/t9-/m0/s1. The first-order valence-corrected chi connectivity index (χ1v) is 6.39. The number of aromatic nitrogens is 2. The largest absolute Gasteiger partial charge is 0.324 e. The molecule has 5 heteroatoms. The molecule has 94 valence electrons. The monoisotopic (exact) mass is 263 g/mol. The molecule has 0 aliphatic carbocycles. The number of halogens is 1. The Labute approximate surface area is 110 Å². The van der Waals surface area contributed by atoms with Gasteiger partial charge in [0, 0.05) is 23.3 Å². The second kappa shape index (κ2) is 5.46. The van der Waals surface area contributed by atoms with E-state index in [0.717, 1.165) is 16.0 Å². The average Bonchev–Trinajstić information content (AvgIpc) is 2.34. The van der Waals surface area contributed by atoms with Crippen LogP contribution in [0.3, 0.4) is 0 Å². The number of nitrogens with two attached hydrogens (primary N) is 1. The molecular formula is C13H14FN3S. The number of hydrogen-bond donors (Lipinski definition) is 1. The summed E-state index contributed by atoms with van der Waals surface area (Å²) in [6, 6.07) is 4.36. The van der Waals surface area contributed by atoms with Crippen molar-refractivity contribution in [3.63, 3.8) is 0 Å². The van der Waals surface area contributed by atoms with Gasteiger partial charge in [0.15, 0.2) is 5.16 Å². The second-order valence-corrected chi connectivity index (χ2v) is 5.12. The van der Waals surface area contributed by atoms with Crippen LogP contribution >= 0.6 is 11.8 Å². The van der Waals surface area contributed by atoms with E-state index in [0.29, 0.717) is 5.16 Å². The summed E-state index contributed by atoms with van der Waals surface area (Å²) in [4.78, 5) is 9.31. The fraction of sp³-hybridized carbons (Fsp3) is 0.231. The maximum Gasteiger partial charge on any atom is 0.192 e. The number of aryl methyl sites for hydroxylation is 1. The van der Waals surface area contributed by atoms with Crippen molar-refractivity contribution in [3.8, 4) is 0 Å². The van der Waals surface area contributed by atoms with Gasteiger partial charge < -0.3 is 5.73 Å². The minimum Gasteiger partial charge on any atom is -0.324 e. The van der Waals surface area contributed by atoms with Crippen LogP contribution in [0.15, 0.2) is 40.6 Å². The van der Waals surface area contributed by atoms with Crippen molar-refractivity contribution in [2.45, 2.75) is 29.9 Å². The number of nitrogens with zero attached hydrogens (tertiary/aromatic N) is 2. The quantitative estimate of drug-likeness (QED) is 0.865. The molecule has 2 rings (SSSR count). The van der Waals surface area contributed by atoms with Gasteiger partial charge in [-0.1, -0.05) is 0 Å². The molecule has 1 heterocycles. The predicted octanol–water partition coefficient (Wildman–Crippen LogP) is 3.10. The topological polar surface area (TPSA) is 51.8 Å². The molecule has 0 unspecified atom stereocenters. The van der Waals surface area contributed by atoms with Crippen LogP contribution < -0.4 is 5.73 Å². The van der Waals surface area contributed by atoms with Crippen LogP contribution in [0.5, 0.6) is 0 Å². The fourth-order valence-corrected chi connectivity index (χ4v) is 2.41. The number of rotatable bonds is 3. The van der Waals surface area contributed by atoms with E-state index < -0.39 is 0 Å². The van der Waals surface area contributed by atoms with Gasteiger partial charge in [0.2, 0.25) is 0 Å². The Morgan fingerprint density at radius 1 is 1.28 bits per heavy atom. The molecular weight excluding hydrogens is 249 g/mol. The highest BCUT2D eigenvalue weighted by atomic mass is 32.2. The van der Waals surface area contributed by atoms with Crippen LogP contribution in [0.1, 0.15) is 24.1 Å². The predicted molar refractivity (Wildman–Crippen MR) is 69.9 cm³/mol. The number of benzene rings is 1. The maximum atomic E-state index is 13.2. The smallest absolute Gasteiger partial charge is 0.192 e. The van der Waals surface area contributed by atoms with Crippen molar-refractivity contribution in [2.75, 3.05) is 0 Å². The summed E-state index contributed by atoms with van der Waals surface area (Å²) in [6.45, 7) is 3.76. The first-order chi connectivity index (χ1) is 8.56. The molecule has 18 heavy (non-hydrogen) atoms. The van der Waals surface area contributed by atoms with Gasteiger partial charge in [-0.25, -0.2) is 14.4 Å². The minimum absolute atomic E-state index is 0.228. The number of hydrogen-bond acceptors (Lipinski definition) is 4. The molecule has 2 aromatic rings. The van der Waals surface area contributed by atoms with E-state index in [-0.39, 0.29) is 11.9 Å². The zero-order valence-electron chi connectivity index (χ0n) is 10.2. The summed E-state index contributed by atoms with van der Waals surface area (Å²) in [7, 11) is 0. The molecule has 0 aliphatic rings. The van der Waals surface area contributed by atoms with E-state index >= 15 is 0 Å². The molecule has 1 aromatic carbocycles. The lowest BCUT2D eigenvalue weighted by atomic mass is 10.1. The van der Waals surface area contributed by atoms with Crippen molar-refractivity contribution in [2.24, 2.45) is 5.73 Å². The van der Waals surface area contributed by atoms with Gasteiger partial charge in [0.25, 0.3) is 0 Å². The Morgan fingerprint density at radius 3 is 2.56 bits per heavy atom. The Balaban J connectivity index is 2.31. The molecule has 2 N–H and O–H groups in total. The molecule has 0 amide bonds. The third kappa shape index (κ3) is 3.05. The van der Waals surface area contributed by atoms with Gasteiger partial charge >= 0.3 is 0 Å². The van der Waals surface area contributed by atoms with Crippen LogP contribution in [0.2, 0.25) is 0 Å². The van der Waals surface area contributed by atoms with Crippen LogP contribution in [0, 0.1) is 12.7 Å². The minimum atomic E-state index is -0.281. The Bertz CT molecular complexity index is 540. The van der Waals surface area contributed by atoms with Gasteiger partial charge in [-0.05, 0) is 54.9 Å². The summed E-state index contributed by atoms with van der Waals surface area (Å²) < 4.78 is 13.2. The third-order valence-corrected chi connectivity index (χ3v) is 3.41. The van der Waals surface area contributed by atoms with Gasteiger partial charge in [0.1, 0.15) is 5.82 Å². The van der Waals surface area contributed by atoms with E-state index in [2.05, 4.69) is 9.97 Å². The van der Waals surface area contributed by atoms with Gasteiger partial charge in [-0.2, -0.15) is 0 Å². The van der Waals surface area contributed by atoms with Crippen molar-refractivity contribution < 1.29 is 4.39 Å². The maximum absolute atomic E-state index is 13.2. The zero-order chi connectivity index (χ0) is 13.1. The van der Waals surface area contributed by atoms with Crippen molar-refractivity contribution >= 4 is 11.8 Å².